The van der Waals surface area contributed by atoms with E-state index in [0.717, 1.165) is 17.3 Å². The Morgan fingerprint density at radius 2 is 1.71 bits per heavy atom. The minimum atomic E-state index is -0.132. The van der Waals surface area contributed by atoms with Gasteiger partial charge in [0.2, 0.25) is 0 Å². The molecule has 1 aromatic heterocycles. The average molecular weight is 284 g/mol. The third-order valence-corrected chi connectivity index (χ3v) is 3.46. The van der Waals surface area contributed by atoms with Crippen molar-refractivity contribution in [2.45, 2.75) is 40.0 Å². The molecule has 0 atom stereocenters. The van der Waals surface area contributed by atoms with Gasteiger partial charge in [-0.2, -0.15) is 0 Å². The SMILES string of the molecule is Cc1ccc(N(C)c2cc(N)nc(C(C)(C)C)n2)c(C)c1. The molecule has 0 aliphatic carbocycles. The van der Waals surface area contributed by atoms with Gasteiger partial charge in [0.15, 0.2) is 0 Å². The fourth-order valence-electron chi connectivity index (χ4n) is 2.26. The van der Waals surface area contributed by atoms with Crippen LogP contribution in [0.5, 0.6) is 0 Å². The van der Waals surface area contributed by atoms with Crippen molar-refractivity contribution in [3.05, 3.63) is 41.2 Å². The molecule has 0 saturated heterocycles. The summed E-state index contributed by atoms with van der Waals surface area (Å²) < 4.78 is 0. The molecule has 1 aromatic carbocycles. The number of nitrogen functional groups attached to an aromatic ring is 1. The van der Waals surface area contributed by atoms with Crippen molar-refractivity contribution in [2.24, 2.45) is 0 Å². The lowest BCUT2D eigenvalue weighted by Gasteiger charge is -2.24. The van der Waals surface area contributed by atoms with E-state index < -0.39 is 0 Å². The van der Waals surface area contributed by atoms with Crippen molar-refractivity contribution < 1.29 is 0 Å². The molecule has 0 aliphatic heterocycles. The Kier molecular flexibility index (Phi) is 3.90. The van der Waals surface area contributed by atoms with Crippen LogP contribution in [0.2, 0.25) is 0 Å². The highest BCUT2D eigenvalue weighted by atomic mass is 15.2. The number of aryl methyl sites for hydroxylation is 2. The van der Waals surface area contributed by atoms with Crippen molar-refractivity contribution in [1.29, 1.82) is 0 Å². The van der Waals surface area contributed by atoms with E-state index in [1.54, 1.807) is 0 Å². The molecule has 0 aliphatic rings. The molecule has 0 amide bonds. The van der Waals surface area contributed by atoms with Crippen LogP contribution >= 0.6 is 0 Å². The van der Waals surface area contributed by atoms with Crippen LogP contribution in [0.25, 0.3) is 0 Å². The van der Waals surface area contributed by atoms with Crippen molar-refractivity contribution in [3.63, 3.8) is 0 Å². The summed E-state index contributed by atoms with van der Waals surface area (Å²) in [6.07, 6.45) is 0. The first-order chi connectivity index (χ1) is 9.68. The number of benzene rings is 1. The van der Waals surface area contributed by atoms with Crippen LogP contribution in [-0.4, -0.2) is 17.0 Å². The molecule has 21 heavy (non-hydrogen) atoms. The molecule has 0 radical (unpaired) electrons. The summed E-state index contributed by atoms with van der Waals surface area (Å²) in [5, 5.41) is 0. The second kappa shape index (κ2) is 5.35. The van der Waals surface area contributed by atoms with Crippen LogP contribution in [0.15, 0.2) is 24.3 Å². The van der Waals surface area contributed by atoms with Gasteiger partial charge in [-0.1, -0.05) is 38.5 Å². The smallest absolute Gasteiger partial charge is 0.138 e. The fourth-order valence-corrected chi connectivity index (χ4v) is 2.26. The standard InChI is InChI=1S/C17H24N4/c1-11-7-8-13(12(2)9-11)21(6)15-10-14(18)19-16(20-15)17(3,4)5/h7-10H,1-6H3,(H2,18,19,20). The molecule has 4 nitrogen and oxygen atoms in total. The summed E-state index contributed by atoms with van der Waals surface area (Å²) in [5.41, 5.74) is 9.42. The number of nitrogens with two attached hydrogens (primary N) is 1. The third-order valence-electron chi connectivity index (χ3n) is 3.46. The summed E-state index contributed by atoms with van der Waals surface area (Å²) in [5.74, 6) is 2.08. The molecule has 2 N–H and O–H groups in total. The number of rotatable bonds is 2. The summed E-state index contributed by atoms with van der Waals surface area (Å²) in [6.45, 7) is 10.5. The Morgan fingerprint density at radius 3 is 2.29 bits per heavy atom. The molecule has 4 heteroatoms. The molecular formula is C17H24N4. The van der Waals surface area contributed by atoms with Gasteiger partial charge < -0.3 is 10.6 Å². The van der Waals surface area contributed by atoms with Crippen molar-refractivity contribution in [3.8, 4) is 0 Å². The van der Waals surface area contributed by atoms with Crippen LogP contribution in [0.1, 0.15) is 37.7 Å². The minimum Gasteiger partial charge on any atom is -0.384 e. The van der Waals surface area contributed by atoms with Gasteiger partial charge in [-0.05, 0) is 25.5 Å². The zero-order valence-corrected chi connectivity index (χ0v) is 13.7. The van der Waals surface area contributed by atoms with Gasteiger partial charge in [0.25, 0.3) is 0 Å². The molecule has 0 saturated carbocycles. The fraction of sp³-hybridized carbons (Fsp3) is 0.412. The van der Waals surface area contributed by atoms with E-state index in [4.69, 9.17) is 5.73 Å². The number of hydrogen-bond acceptors (Lipinski definition) is 4. The molecule has 0 unspecified atom stereocenters. The minimum absolute atomic E-state index is 0.132. The maximum atomic E-state index is 5.96. The Labute approximate surface area is 127 Å². The molecule has 0 fully saturated rings. The predicted molar refractivity (Wildman–Crippen MR) is 89.1 cm³/mol. The molecule has 0 bridgehead atoms. The van der Waals surface area contributed by atoms with E-state index in [1.807, 2.05) is 13.1 Å². The maximum absolute atomic E-state index is 5.96. The lowest BCUT2D eigenvalue weighted by atomic mass is 9.96. The quantitative estimate of drug-likeness (QED) is 0.912. The van der Waals surface area contributed by atoms with E-state index in [1.165, 1.54) is 11.1 Å². The monoisotopic (exact) mass is 284 g/mol. The molecule has 112 valence electrons. The lowest BCUT2D eigenvalue weighted by molar-refractivity contribution is 0.546. The number of anilines is 3. The van der Waals surface area contributed by atoms with E-state index in [9.17, 15) is 0 Å². The van der Waals surface area contributed by atoms with E-state index >= 15 is 0 Å². The molecule has 2 aromatic rings. The highest BCUT2D eigenvalue weighted by Gasteiger charge is 2.20. The predicted octanol–water partition coefficient (Wildman–Crippen LogP) is 3.74. The Bertz CT molecular complexity index is 656. The zero-order valence-electron chi connectivity index (χ0n) is 13.7. The maximum Gasteiger partial charge on any atom is 0.138 e. The first kappa shape index (κ1) is 15.3. The summed E-state index contributed by atoms with van der Waals surface area (Å²) in [4.78, 5) is 11.1. The van der Waals surface area contributed by atoms with E-state index in [-0.39, 0.29) is 5.41 Å². The van der Waals surface area contributed by atoms with Gasteiger partial charge in [-0.25, -0.2) is 9.97 Å². The Hall–Kier alpha value is -2.10. The van der Waals surface area contributed by atoms with Crippen LogP contribution in [0.3, 0.4) is 0 Å². The highest BCUT2D eigenvalue weighted by molar-refractivity contribution is 5.65. The topological polar surface area (TPSA) is 55.0 Å². The molecule has 1 heterocycles. The molecule has 0 spiro atoms. The summed E-state index contributed by atoms with van der Waals surface area (Å²) >= 11 is 0. The second-order valence-electron chi connectivity index (χ2n) is 6.57. The van der Waals surface area contributed by atoms with Crippen molar-refractivity contribution in [1.82, 2.24) is 9.97 Å². The van der Waals surface area contributed by atoms with Crippen LogP contribution in [-0.2, 0) is 5.41 Å². The Balaban J connectivity index is 2.48. The Morgan fingerprint density at radius 1 is 1.05 bits per heavy atom. The van der Waals surface area contributed by atoms with E-state index in [0.29, 0.717) is 5.82 Å². The number of nitrogens with zero attached hydrogens (tertiary/aromatic N) is 3. The number of aromatic nitrogens is 2. The van der Waals surface area contributed by atoms with Gasteiger partial charge in [0.05, 0.1) is 0 Å². The van der Waals surface area contributed by atoms with Crippen molar-refractivity contribution >= 4 is 17.3 Å². The summed E-state index contributed by atoms with van der Waals surface area (Å²) in [6, 6.07) is 8.20. The highest BCUT2D eigenvalue weighted by Crippen LogP contribution is 2.29. The number of hydrogen-bond donors (Lipinski definition) is 1. The second-order valence-corrected chi connectivity index (χ2v) is 6.57. The summed E-state index contributed by atoms with van der Waals surface area (Å²) in [7, 11) is 2.01. The molecule has 2 rings (SSSR count). The zero-order chi connectivity index (χ0) is 15.8. The van der Waals surface area contributed by atoms with Gasteiger partial charge in [-0.15, -0.1) is 0 Å². The lowest BCUT2D eigenvalue weighted by Crippen LogP contribution is -2.20. The van der Waals surface area contributed by atoms with Crippen LogP contribution in [0.4, 0.5) is 17.3 Å². The van der Waals surface area contributed by atoms with Gasteiger partial charge in [0.1, 0.15) is 17.5 Å². The molecular weight excluding hydrogens is 260 g/mol. The normalized spacial score (nSPS) is 11.5. The van der Waals surface area contributed by atoms with Gasteiger partial charge in [-0.3, -0.25) is 0 Å². The van der Waals surface area contributed by atoms with Crippen LogP contribution < -0.4 is 10.6 Å². The first-order valence-electron chi connectivity index (χ1n) is 7.14. The van der Waals surface area contributed by atoms with Crippen LogP contribution in [0, 0.1) is 13.8 Å². The third kappa shape index (κ3) is 3.32. The largest absolute Gasteiger partial charge is 0.384 e. The van der Waals surface area contributed by atoms with Gasteiger partial charge >= 0.3 is 0 Å². The first-order valence-corrected chi connectivity index (χ1v) is 7.14. The van der Waals surface area contributed by atoms with Gasteiger partial charge in [0, 0.05) is 24.2 Å². The van der Waals surface area contributed by atoms with E-state index in [2.05, 4.69) is 67.7 Å². The average Bonchev–Trinajstić information content (AvgIpc) is 2.36. The van der Waals surface area contributed by atoms with Crippen molar-refractivity contribution in [2.75, 3.05) is 17.7 Å².